The average Bonchev–Trinajstić information content (AvgIpc) is 3.47. The van der Waals surface area contributed by atoms with E-state index in [0.717, 1.165) is 48.8 Å². The van der Waals surface area contributed by atoms with Crippen molar-refractivity contribution >= 4 is 45.8 Å². The molecule has 228 valence electrons. The van der Waals surface area contributed by atoms with Gasteiger partial charge in [0.15, 0.2) is 0 Å². The number of rotatable bonds is 10. The number of carbonyl (C=O) groups is 3. The second kappa shape index (κ2) is 13.3. The number of pyridine rings is 1. The molecule has 1 aliphatic heterocycles. The molecular formula is C35H33N5O5. The van der Waals surface area contributed by atoms with E-state index < -0.39 is 11.7 Å². The molecular weight excluding hydrogens is 570 g/mol. The summed E-state index contributed by atoms with van der Waals surface area (Å²) in [5, 5.41) is 3.50. The number of aromatic amines is 1. The van der Waals surface area contributed by atoms with Gasteiger partial charge in [-0.1, -0.05) is 48.5 Å². The summed E-state index contributed by atoms with van der Waals surface area (Å²) in [4.78, 5) is 49.9. The Morgan fingerprint density at radius 1 is 0.844 bits per heavy atom. The van der Waals surface area contributed by atoms with Crippen molar-refractivity contribution in [3.05, 3.63) is 103 Å². The number of benzene rings is 3. The first-order valence-electron chi connectivity index (χ1n) is 14.8. The predicted molar refractivity (Wildman–Crippen MR) is 174 cm³/mol. The van der Waals surface area contributed by atoms with Gasteiger partial charge >= 0.3 is 5.97 Å². The van der Waals surface area contributed by atoms with Crippen LogP contribution in [0.25, 0.3) is 22.2 Å². The number of nitrogens with one attached hydrogen (secondary N) is 2. The number of aromatic nitrogens is 2. The molecule has 10 heteroatoms. The van der Waals surface area contributed by atoms with Crippen molar-refractivity contribution in [1.29, 1.82) is 0 Å². The van der Waals surface area contributed by atoms with E-state index in [4.69, 9.17) is 9.47 Å². The lowest BCUT2D eigenvalue weighted by molar-refractivity contribution is -0.141. The van der Waals surface area contributed by atoms with E-state index in [9.17, 15) is 14.4 Å². The number of fused-ring (bicyclic) bond motifs is 1. The number of esters is 1. The van der Waals surface area contributed by atoms with Crippen LogP contribution in [0, 0.1) is 0 Å². The van der Waals surface area contributed by atoms with Gasteiger partial charge in [0, 0.05) is 67.6 Å². The van der Waals surface area contributed by atoms with Crippen LogP contribution in [0.2, 0.25) is 0 Å². The topological polar surface area (TPSA) is 117 Å². The first-order chi connectivity index (χ1) is 22.0. The van der Waals surface area contributed by atoms with E-state index in [2.05, 4.69) is 25.1 Å². The maximum absolute atomic E-state index is 13.5. The predicted octanol–water partition coefficient (Wildman–Crippen LogP) is 5.32. The number of amides is 1. The lowest BCUT2D eigenvalue weighted by atomic mass is 10.0. The summed E-state index contributed by atoms with van der Waals surface area (Å²) >= 11 is 0. The molecule has 0 spiro atoms. The highest BCUT2D eigenvalue weighted by atomic mass is 16.6. The van der Waals surface area contributed by atoms with Crippen LogP contribution >= 0.6 is 0 Å². The molecule has 45 heavy (non-hydrogen) atoms. The number of carbonyl (C=O) groups excluding carboxylic acids is 3. The molecule has 0 aliphatic carbocycles. The number of hydrogen-bond acceptors (Lipinski definition) is 8. The number of H-pyrrole nitrogens is 1. The molecule has 10 nitrogen and oxygen atoms in total. The lowest BCUT2D eigenvalue weighted by Crippen LogP contribution is -2.46. The van der Waals surface area contributed by atoms with Crippen molar-refractivity contribution in [1.82, 2.24) is 9.97 Å². The standard InChI is InChI=1S/C35H33N5O5/c1-24(41)44-21-22-45-28-15-16-36-31(23-28)40-19-17-39(18-20-40)27-13-11-26(12-14-27)37-35(43)34(42)32-29-9-5-6-10-30(29)38-33(32)25-7-3-2-4-8-25/h2-16,23,38H,17-22H2,1H3,(H,37,43). The summed E-state index contributed by atoms with van der Waals surface area (Å²) in [5.74, 6) is -0.123. The summed E-state index contributed by atoms with van der Waals surface area (Å²) in [6.45, 7) is 4.95. The van der Waals surface area contributed by atoms with Crippen molar-refractivity contribution in [3.63, 3.8) is 0 Å². The fourth-order valence-corrected chi connectivity index (χ4v) is 5.46. The summed E-state index contributed by atoms with van der Waals surface area (Å²) in [6.07, 6.45) is 1.71. The molecule has 1 aliphatic rings. The number of anilines is 3. The molecule has 1 saturated heterocycles. The van der Waals surface area contributed by atoms with Gasteiger partial charge in [0.1, 0.15) is 24.8 Å². The zero-order valence-corrected chi connectivity index (χ0v) is 24.9. The van der Waals surface area contributed by atoms with Gasteiger partial charge in [0.05, 0.1) is 11.3 Å². The highest BCUT2D eigenvalue weighted by Crippen LogP contribution is 2.31. The number of hydrogen-bond donors (Lipinski definition) is 2. The minimum absolute atomic E-state index is 0.198. The Kier molecular flexibility index (Phi) is 8.72. The van der Waals surface area contributed by atoms with Gasteiger partial charge in [-0.05, 0) is 42.0 Å². The Hall–Kier alpha value is -5.64. The fourth-order valence-electron chi connectivity index (χ4n) is 5.46. The molecule has 2 aromatic heterocycles. The molecule has 5 aromatic rings. The van der Waals surface area contributed by atoms with E-state index in [1.54, 1.807) is 12.3 Å². The average molecular weight is 604 g/mol. The molecule has 0 saturated carbocycles. The maximum Gasteiger partial charge on any atom is 0.302 e. The quantitative estimate of drug-likeness (QED) is 0.0954. The molecule has 0 unspecified atom stereocenters. The van der Waals surface area contributed by atoms with Crippen LogP contribution in [-0.4, -0.2) is 67.0 Å². The number of ether oxygens (including phenoxy) is 2. The molecule has 1 fully saturated rings. The van der Waals surface area contributed by atoms with Crippen LogP contribution in [0.5, 0.6) is 5.75 Å². The lowest BCUT2D eigenvalue weighted by Gasteiger charge is -2.36. The fraction of sp³-hybridized carbons (Fsp3) is 0.200. The third kappa shape index (κ3) is 6.80. The minimum atomic E-state index is -0.691. The van der Waals surface area contributed by atoms with Crippen molar-refractivity contribution in [2.75, 3.05) is 54.5 Å². The van der Waals surface area contributed by atoms with Crippen LogP contribution in [0.4, 0.5) is 17.2 Å². The molecule has 0 radical (unpaired) electrons. The Labute approximate surface area is 260 Å². The van der Waals surface area contributed by atoms with Crippen molar-refractivity contribution in [3.8, 4) is 17.0 Å². The zero-order valence-electron chi connectivity index (χ0n) is 24.9. The first kappa shape index (κ1) is 29.4. The Morgan fingerprint density at radius 2 is 1.56 bits per heavy atom. The maximum atomic E-state index is 13.5. The van der Waals surface area contributed by atoms with Gasteiger partial charge in [-0.3, -0.25) is 14.4 Å². The number of piperazine rings is 1. The summed E-state index contributed by atoms with van der Waals surface area (Å²) in [6, 6.07) is 28.2. The third-order valence-corrected chi connectivity index (χ3v) is 7.67. The van der Waals surface area contributed by atoms with Gasteiger partial charge in [-0.15, -0.1) is 0 Å². The SMILES string of the molecule is CC(=O)OCCOc1ccnc(N2CCN(c3ccc(NC(=O)C(=O)c4c(-c5ccccc5)[nH]c5ccccc45)cc3)CC2)c1. The number of Topliss-reactive ketones (excluding diaryl/α,β-unsaturated/α-hetero) is 1. The number of nitrogens with zero attached hydrogens (tertiary/aromatic N) is 3. The highest BCUT2D eigenvalue weighted by Gasteiger charge is 2.25. The van der Waals surface area contributed by atoms with E-state index in [1.807, 2.05) is 84.9 Å². The molecule has 3 aromatic carbocycles. The van der Waals surface area contributed by atoms with Gasteiger partial charge in [0.2, 0.25) is 0 Å². The van der Waals surface area contributed by atoms with Gasteiger partial charge in [-0.25, -0.2) is 4.98 Å². The Bertz CT molecular complexity index is 1810. The second-order valence-electron chi connectivity index (χ2n) is 10.6. The minimum Gasteiger partial charge on any atom is -0.490 e. The van der Waals surface area contributed by atoms with E-state index in [-0.39, 0.29) is 19.2 Å². The first-order valence-corrected chi connectivity index (χ1v) is 14.8. The van der Waals surface area contributed by atoms with Gasteiger partial charge in [-0.2, -0.15) is 0 Å². The van der Waals surface area contributed by atoms with Crippen LogP contribution in [0.1, 0.15) is 17.3 Å². The number of ketones is 1. The highest BCUT2D eigenvalue weighted by molar-refractivity contribution is 6.49. The largest absolute Gasteiger partial charge is 0.490 e. The zero-order chi connectivity index (χ0) is 31.2. The van der Waals surface area contributed by atoms with E-state index in [1.165, 1.54) is 6.92 Å². The van der Waals surface area contributed by atoms with Crippen molar-refractivity contribution < 1.29 is 23.9 Å². The molecule has 3 heterocycles. The van der Waals surface area contributed by atoms with Crippen LogP contribution in [-0.2, 0) is 14.3 Å². The smallest absolute Gasteiger partial charge is 0.302 e. The van der Waals surface area contributed by atoms with Crippen LogP contribution < -0.4 is 19.9 Å². The third-order valence-electron chi connectivity index (χ3n) is 7.67. The molecule has 0 atom stereocenters. The Balaban J connectivity index is 1.07. The Morgan fingerprint density at radius 3 is 2.31 bits per heavy atom. The van der Waals surface area contributed by atoms with E-state index in [0.29, 0.717) is 28.1 Å². The summed E-state index contributed by atoms with van der Waals surface area (Å²) in [5.41, 5.74) is 4.19. The van der Waals surface area contributed by atoms with Crippen LogP contribution in [0.3, 0.4) is 0 Å². The van der Waals surface area contributed by atoms with E-state index >= 15 is 0 Å². The molecule has 1 amide bonds. The molecule has 6 rings (SSSR count). The van der Waals surface area contributed by atoms with Crippen molar-refractivity contribution in [2.45, 2.75) is 6.92 Å². The molecule has 0 bridgehead atoms. The molecule has 2 N–H and O–H groups in total. The normalized spacial score (nSPS) is 13.0. The summed E-state index contributed by atoms with van der Waals surface area (Å²) in [7, 11) is 0. The van der Waals surface area contributed by atoms with Gasteiger partial charge < -0.3 is 29.6 Å². The van der Waals surface area contributed by atoms with Crippen LogP contribution in [0.15, 0.2) is 97.2 Å². The van der Waals surface area contributed by atoms with Gasteiger partial charge in [0.25, 0.3) is 11.7 Å². The second-order valence-corrected chi connectivity index (χ2v) is 10.6. The van der Waals surface area contributed by atoms with Crippen molar-refractivity contribution in [2.24, 2.45) is 0 Å². The monoisotopic (exact) mass is 603 g/mol. The summed E-state index contributed by atoms with van der Waals surface area (Å²) < 4.78 is 10.6. The number of para-hydroxylation sites is 1.